The molecule has 0 spiro atoms. The number of hydrogen-bond acceptors (Lipinski definition) is 3. The van der Waals surface area contributed by atoms with Gasteiger partial charge in [-0.3, -0.25) is 0 Å². The molecule has 2 unspecified atom stereocenters. The Morgan fingerprint density at radius 1 is 1.12 bits per heavy atom. The molecule has 0 radical (unpaired) electrons. The Morgan fingerprint density at radius 2 is 1.75 bits per heavy atom. The van der Waals surface area contributed by atoms with Gasteiger partial charge in [0.1, 0.15) is 0 Å². The lowest BCUT2D eigenvalue weighted by Gasteiger charge is -2.48. The number of piperidine rings is 2. The van der Waals surface area contributed by atoms with Crippen molar-refractivity contribution in [3.8, 4) is 0 Å². The Labute approximate surface area is 98.1 Å². The second-order valence-electron chi connectivity index (χ2n) is 5.75. The molecule has 0 aliphatic carbocycles. The summed E-state index contributed by atoms with van der Waals surface area (Å²) in [5.41, 5.74) is 0. The van der Waals surface area contributed by atoms with Gasteiger partial charge in [-0.2, -0.15) is 0 Å². The zero-order valence-electron chi connectivity index (χ0n) is 10.4. The highest BCUT2D eigenvalue weighted by atomic mass is 16.9. The fraction of sp³-hybridized carbons (Fsp3) is 1.00. The van der Waals surface area contributed by atoms with Gasteiger partial charge in [0.2, 0.25) is 0 Å². The van der Waals surface area contributed by atoms with Crippen molar-refractivity contribution in [2.24, 2.45) is 5.92 Å². The zero-order chi connectivity index (χ0) is 11.1. The molecule has 3 rings (SSSR count). The molecule has 3 saturated heterocycles. The Hall–Kier alpha value is -0.120. The van der Waals surface area contributed by atoms with E-state index in [0.29, 0.717) is 0 Å². The van der Waals surface area contributed by atoms with Crippen molar-refractivity contribution >= 4 is 0 Å². The zero-order valence-corrected chi connectivity index (χ0v) is 10.4. The van der Waals surface area contributed by atoms with Crippen LogP contribution in [-0.2, 0) is 9.47 Å². The van der Waals surface area contributed by atoms with Crippen molar-refractivity contribution in [2.45, 2.75) is 70.1 Å². The Balaban J connectivity index is 1.54. The van der Waals surface area contributed by atoms with E-state index < -0.39 is 0 Å². The van der Waals surface area contributed by atoms with Crippen LogP contribution in [0.1, 0.15) is 45.4 Å². The predicted octanol–water partition coefficient (Wildman–Crippen LogP) is 2.36. The number of fused-ring (bicyclic) bond motifs is 2. The Kier molecular flexibility index (Phi) is 2.94. The molecule has 0 aromatic heterocycles. The molecule has 3 heterocycles. The van der Waals surface area contributed by atoms with E-state index in [1.165, 1.54) is 32.1 Å². The summed E-state index contributed by atoms with van der Waals surface area (Å²) >= 11 is 0. The van der Waals surface area contributed by atoms with E-state index in [0.717, 1.165) is 24.4 Å². The first-order chi connectivity index (χ1) is 7.72. The molecule has 3 heteroatoms. The first-order valence-electron chi connectivity index (χ1n) is 6.75. The van der Waals surface area contributed by atoms with Crippen molar-refractivity contribution in [1.29, 1.82) is 0 Å². The summed E-state index contributed by atoms with van der Waals surface area (Å²) in [5, 5.41) is 0. The largest absolute Gasteiger partial charge is 0.324 e. The number of ether oxygens (including phenoxy) is 2. The van der Waals surface area contributed by atoms with E-state index in [1.54, 1.807) is 0 Å². The molecular formula is C13H23NO2. The van der Waals surface area contributed by atoms with Gasteiger partial charge in [0, 0.05) is 18.5 Å². The van der Waals surface area contributed by atoms with Crippen LogP contribution in [0.5, 0.6) is 0 Å². The molecule has 3 aliphatic rings. The molecule has 0 N–H and O–H groups in total. The third kappa shape index (κ3) is 2.01. The van der Waals surface area contributed by atoms with Gasteiger partial charge in [-0.1, -0.05) is 6.42 Å². The Morgan fingerprint density at radius 3 is 2.31 bits per heavy atom. The molecule has 2 bridgehead atoms. The molecule has 0 saturated carbocycles. The monoisotopic (exact) mass is 225 g/mol. The third-order valence-electron chi connectivity index (χ3n) is 4.65. The van der Waals surface area contributed by atoms with Gasteiger partial charge in [-0.15, -0.1) is 0 Å². The summed E-state index contributed by atoms with van der Waals surface area (Å²) in [4.78, 5) is 2.62. The van der Waals surface area contributed by atoms with Crippen molar-refractivity contribution in [3.63, 3.8) is 0 Å². The SMILES string of the molecule is CC1OC(CC2CC3CCCC(C2)N3C)O1. The molecule has 0 aromatic carbocycles. The fourth-order valence-electron chi connectivity index (χ4n) is 3.74. The lowest BCUT2D eigenvalue weighted by atomic mass is 9.77. The maximum atomic E-state index is 5.55. The molecule has 3 fully saturated rings. The normalized spacial score (nSPS) is 48.8. The van der Waals surface area contributed by atoms with Crippen LogP contribution >= 0.6 is 0 Å². The van der Waals surface area contributed by atoms with Gasteiger partial charge in [-0.25, -0.2) is 0 Å². The van der Waals surface area contributed by atoms with E-state index in [4.69, 9.17) is 9.47 Å². The van der Waals surface area contributed by atoms with Crippen LogP contribution < -0.4 is 0 Å². The average Bonchev–Trinajstić information content (AvgIpc) is 2.17. The van der Waals surface area contributed by atoms with Crippen LogP contribution in [0.25, 0.3) is 0 Å². The molecular weight excluding hydrogens is 202 g/mol. The number of hydrogen-bond donors (Lipinski definition) is 0. The minimum atomic E-state index is 0.0377. The van der Waals surface area contributed by atoms with Gasteiger partial charge in [0.05, 0.1) is 0 Å². The molecule has 16 heavy (non-hydrogen) atoms. The first-order valence-corrected chi connectivity index (χ1v) is 6.75. The van der Waals surface area contributed by atoms with Gasteiger partial charge in [-0.05, 0) is 45.6 Å². The van der Waals surface area contributed by atoms with E-state index in [9.17, 15) is 0 Å². The smallest absolute Gasteiger partial charge is 0.164 e. The van der Waals surface area contributed by atoms with Gasteiger partial charge < -0.3 is 14.4 Å². The van der Waals surface area contributed by atoms with E-state index in [-0.39, 0.29) is 12.6 Å². The molecule has 3 nitrogen and oxygen atoms in total. The highest BCUT2D eigenvalue weighted by molar-refractivity contribution is 4.91. The van der Waals surface area contributed by atoms with Crippen molar-refractivity contribution < 1.29 is 9.47 Å². The summed E-state index contributed by atoms with van der Waals surface area (Å²) in [6.07, 6.45) is 8.18. The van der Waals surface area contributed by atoms with E-state index in [2.05, 4.69) is 11.9 Å². The molecule has 2 atom stereocenters. The van der Waals surface area contributed by atoms with E-state index in [1.807, 2.05) is 6.92 Å². The van der Waals surface area contributed by atoms with Gasteiger partial charge >= 0.3 is 0 Å². The van der Waals surface area contributed by atoms with Crippen LogP contribution in [0.2, 0.25) is 0 Å². The predicted molar refractivity (Wildman–Crippen MR) is 62.0 cm³/mol. The maximum absolute atomic E-state index is 5.55. The van der Waals surface area contributed by atoms with E-state index >= 15 is 0 Å². The standard InChI is InChI=1S/C13H23NO2/c1-9-15-13(16-9)8-10-6-11-4-3-5-12(7-10)14(11)2/h9-13H,3-8H2,1-2H3. The fourth-order valence-corrected chi connectivity index (χ4v) is 3.74. The lowest BCUT2D eigenvalue weighted by Crippen LogP contribution is -2.51. The number of rotatable bonds is 2. The average molecular weight is 225 g/mol. The minimum absolute atomic E-state index is 0.0377. The summed E-state index contributed by atoms with van der Waals surface area (Å²) in [6.45, 7) is 1.97. The Bertz CT molecular complexity index is 238. The summed E-state index contributed by atoms with van der Waals surface area (Å²) in [5.74, 6) is 0.823. The van der Waals surface area contributed by atoms with Crippen LogP contribution in [0.15, 0.2) is 0 Å². The topological polar surface area (TPSA) is 21.7 Å². The van der Waals surface area contributed by atoms with Crippen LogP contribution in [0.4, 0.5) is 0 Å². The minimum Gasteiger partial charge on any atom is -0.324 e. The van der Waals surface area contributed by atoms with Crippen molar-refractivity contribution in [3.05, 3.63) is 0 Å². The third-order valence-corrected chi connectivity index (χ3v) is 4.65. The lowest BCUT2D eigenvalue weighted by molar-refractivity contribution is -0.380. The second kappa shape index (κ2) is 4.28. The summed E-state index contributed by atoms with van der Waals surface area (Å²) in [7, 11) is 2.31. The molecule has 92 valence electrons. The van der Waals surface area contributed by atoms with Gasteiger partial charge in [0.25, 0.3) is 0 Å². The molecule has 0 aromatic rings. The molecule has 0 amide bonds. The van der Waals surface area contributed by atoms with Crippen molar-refractivity contribution in [2.75, 3.05) is 7.05 Å². The van der Waals surface area contributed by atoms with Crippen LogP contribution in [-0.4, -0.2) is 36.6 Å². The second-order valence-corrected chi connectivity index (χ2v) is 5.75. The first kappa shape index (κ1) is 11.0. The van der Waals surface area contributed by atoms with Crippen LogP contribution in [0, 0.1) is 5.92 Å². The summed E-state index contributed by atoms with van der Waals surface area (Å²) in [6, 6.07) is 1.66. The number of nitrogens with zero attached hydrogens (tertiary/aromatic N) is 1. The van der Waals surface area contributed by atoms with Crippen molar-refractivity contribution in [1.82, 2.24) is 4.90 Å². The van der Waals surface area contributed by atoms with Crippen LogP contribution in [0.3, 0.4) is 0 Å². The summed E-state index contributed by atoms with van der Waals surface area (Å²) < 4.78 is 11.1. The quantitative estimate of drug-likeness (QED) is 0.720. The highest BCUT2D eigenvalue weighted by Gasteiger charge is 2.38. The van der Waals surface area contributed by atoms with Gasteiger partial charge in [0.15, 0.2) is 12.6 Å². The highest BCUT2D eigenvalue weighted by Crippen LogP contribution is 2.39. The molecule has 3 aliphatic heterocycles. The maximum Gasteiger partial charge on any atom is 0.164 e.